The molecule has 1 aliphatic rings. The monoisotopic (exact) mass is 509 g/mol. The first-order valence-electron chi connectivity index (χ1n) is 13.3. The summed E-state index contributed by atoms with van der Waals surface area (Å²) in [7, 11) is 0. The van der Waals surface area contributed by atoms with Gasteiger partial charge in [0.25, 0.3) is 0 Å². The number of amidine groups is 1. The van der Waals surface area contributed by atoms with Gasteiger partial charge >= 0.3 is 0 Å². The van der Waals surface area contributed by atoms with Crippen molar-refractivity contribution in [2.45, 2.75) is 25.4 Å². The zero-order valence-corrected chi connectivity index (χ0v) is 21.8. The summed E-state index contributed by atoms with van der Waals surface area (Å²) in [5, 5.41) is 9.91. The third-order valence-corrected chi connectivity index (χ3v) is 7.16. The van der Waals surface area contributed by atoms with E-state index in [0.29, 0.717) is 0 Å². The maximum absolute atomic E-state index is 6.23. The summed E-state index contributed by atoms with van der Waals surface area (Å²) in [4.78, 5) is 9.42. The Morgan fingerprint density at radius 3 is 2.21 bits per heavy atom. The molecule has 0 spiro atoms. The number of aliphatic imine (C=N–C) groups is 2. The van der Waals surface area contributed by atoms with Crippen molar-refractivity contribution >= 4 is 22.8 Å². The van der Waals surface area contributed by atoms with Gasteiger partial charge in [-0.2, -0.15) is 0 Å². The Bertz CT molecular complexity index is 1630. The molecule has 4 N–H and O–H groups in total. The lowest BCUT2D eigenvalue weighted by atomic mass is 9.91. The van der Waals surface area contributed by atoms with Gasteiger partial charge in [0.2, 0.25) is 0 Å². The van der Waals surface area contributed by atoms with Crippen LogP contribution in [0.4, 0.5) is 0 Å². The highest BCUT2D eigenvalue weighted by atomic mass is 15.3. The van der Waals surface area contributed by atoms with E-state index in [1.807, 2.05) is 31.2 Å². The molecule has 0 aromatic heterocycles. The van der Waals surface area contributed by atoms with Crippen LogP contribution in [-0.2, 0) is 0 Å². The highest BCUT2D eigenvalue weighted by Gasteiger charge is 2.28. The van der Waals surface area contributed by atoms with E-state index in [4.69, 9.17) is 10.7 Å². The number of nitrogens with two attached hydrogens (primary N) is 1. The molecule has 39 heavy (non-hydrogen) atoms. The quantitative estimate of drug-likeness (QED) is 0.218. The van der Waals surface area contributed by atoms with E-state index < -0.39 is 0 Å². The second-order valence-corrected chi connectivity index (χ2v) is 9.62. The minimum Gasteiger partial charge on any atom is -0.350 e. The summed E-state index contributed by atoms with van der Waals surface area (Å²) >= 11 is 0. The van der Waals surface area contributed by atoms with Gasteiger partial charge in [0.05, 0.1) is 0 Å². The number of nitrogens with one attached hydrogen (secondary N) is 2. The first kappa shape index (κ1) is 24.7. The molecule has 0 aliphatic carbocycles. The van der Waals surface area contributed by atoms with Crippen LogP contribution in [0.5, 0.6) is 0 Å². The minimum atomic E-state index is -0.363. The molecule has 0 saturated heterocycles. The predicted molar refractivity (Wildman–Crippen MR) is 162 cm³/mol. The Morgan fingerprint density at radius 2 is 1.46 bits per heavy atom. The van der Waals surface area contributed by atoms with E-state index in [9.17, 15) is 0 Å². The number of nitrogens with zero attached hydrogens (tertiary/aromatic N) is 2. The molecular formula is C34H31N5. The second kappa shape index (κ2) is 11.0. The molecule has 3 atom stereocenters. The van der Waals surface area contributed by atoms with Gasteiger partial charge < -0.3 is 11.1 Å². The van der Waals surface area contributed by atoms with Crippen molar-refractivity contribution in [1.82, 2.24) is 10.6 Å². The van der Waals surface area contributed by atoms with Crippen molar-refractivity contribution in [2.75, 3.05) is 0 Å². The van der Waals surface area contributed by atoms with Crippen molar-refractivity contribution in [2.24, 2.45) is 15.7 Å². The van der Waals surface area contributed by atoms with Crippen LogP contribution in [0.1, 0.15) is 47.7 Å². The van der Waals surface area contributed by atoms with Gasteiger partial charge in [0.1, 0.15) is 24.3 Å². The fraction of sp³-hybridized carbons (Fsp3) is 0.118. The first-order valence-corrected chi connectivity index (χ1v) is 13.3. The molecule has 1 aliphatic heterocycles. The minimum absolute atomic E-state index is 0.185. The average Bonchev–Trinajstić information content (AvgIpc) is 3.01. The summed E-state index contributed by atoms with van der Waals surface area (Å²) in [6, 6.07) is 42.1. The van der Waals surface area contributed by atoms with Crippen LogP contribution in [0, 0.1) is 0 Å². The number of hydrogen-bond acceptors (Lipinski definition) is 5. The molecule has 6 rings (SSSR count). The van der Waals surface area contributed by atoms with E-state index in [0.717, 1.165) is 33.7 Å². The van der Waals surface area contributed by atoms with Gasteiger partial charge in [-0.25, -0.2) is 4.99 Å². The largest absolute Gasteiger partial charge is 0.350 e. The third-order valence-electron chi connectivity index (χ3n) is 7.16. The van der Waals surface area contributed by atoms with E-state index in [-0.39, 0.29) is 18.5 Å². The molecule has 5 aromatic rings. The highest BCUT2D eigenvalue weighted by molar-refractivity contribution is 6.00. The van der Waals surface area contributed by atoms with Crippen molar-refractivity contribution < 1.29 is 0 Å². The molecule has 1 heterocycles. The van der Waals surface area contributed by atoms with Crippen LogP contribution in [0.3, 0.4) is 0 Å². The summed E-state index contributed by atoms with van der Waals surface area (Å²) in [5.41, 5.74) is 12.8. The van der Waals surface area contributed by atoms with E-state index >= 15 is 0 Å². The van der Waals surface area contributed by atoms with Gasteiger partial charge in [0.15, 0.2) is 0 Å². The van der Waals surface area contributed by atoms with Crippen molar-refractivity contribution in [3.63, 3.8) is 0 Å². The Kier molecular flexibility index (Phi) is 7.00. The fourth-order valence-electron chi connectivity index (χ4n) is 5.22. The molecule has 3 unspecified atom stereocenters. The Labute approximate surface area is 229 Å². The lowest BCUT2D eigenvalue weighted by molar-refractivity contribution is 0.411. The molecular weight excluding hydrogens is 478 g/mol. The number of fused-ring (bicyclic) bond motifs is 1. The number of hydrogen-bond donors (Lipinski definition) is 3. The summed E-state index contributed by atoms with van der Waals surface area (Å²) in [6.45, 7) is 1.88. The number of rotatable bonds is 6. The molecule has 192 valence electrons. The molecule has 0 radical (unpaired) electrons. The van der Waals surface area contributed by atoms with Crippen molar-refractivity contribution in [3.05, 3.63) is 144 Å². The second-order valence-electron chi connectivity index (χ2n) is 9.62. The summed E-state index contributed by atoms with van der Waals surface area (Å²) in [5.74, 6) is 0.867. The summed E-state index contributed by atoms with van der Waals surface area (Å²) < 4.78 is 0. The van der Waals surface area contributed by atoms with Crippen LogP contribution < -0.4 is 16.4 Å². The van der Waals surface area contributed by atoms with Crippen LogP contribution in [0.2, 0.25) is 0 Å². The Morgan fingerprint density at radius 1 is 0.769 bits per heavy atom. The molecule has 0 amide bonds. The first-order chi connectivity index (χ1) is 19.2. The van der Waals surface area contributed by atoms with Gasteiger partial charge in [-0.05, 0) is 46.2 Å². The predicted octanol–water partition coefficient (Wildman–Crippen LogP) is 6.89. The van der Waals surface area contributed by atoms with Crippen LogP contribution >= 0.6 is 0 Å². The maximum Gasteiger partial charge on any atom is 0.131 e. The van der Waals surface area contributed by atoms with Gasteiger partial charge in [0, 0.05) is 11.1 Å². The SMILES string of the molecule is CC=NC(N)c1ccc(-c2ccc3ccccc3c2C2NC(c3ccccc3)=NC(c3ccccc3)N2)cc1. The van der Waals surface area contributed by atoms with E-state index in [2.05, 4.69) is 113 Å². The smallest absolute Gasteiger partial charge is 0.131 e. The van der Waals surface area contributed by atoms with Crippen LogP contribution in [-0.4, -0.2) is 12.1 Å². The lowest BCUT2D eigenvalue weighted by Gasteiger charge is -2.34. The average molecular weight is 510 g/mol. The zero-order valence-electron chi connectivity index (χ0n) is 21.8. The lowest BCUT2D eigenvalue weighted by Crippen LogP contribution is -2.45. The maximum atomic E-state index is 6.23. The summed E-state index contributed by atoms with van der Waals surface area (Å²) in [6.07, 6.45) is 0.996. The normalized spacial score (nSPS) is 18.1. The molecule has 5 nitrogen and oxygen atoms in total. The molecule has 0 saturated carbocycles. The third kappa shape index (κ3) is 5.10. The Balaban J connectivity index is 1.49. The van der Waals surface area contributed by atoms with Crippen LogP contribution in [0.25, 0.3) is 21.9 Å². The van der Waals surface area contributed by atoms with Gasteiger partial charge in [-0.3, -0.25) is 10.3 Å². The van der Waals surface area contributed by atoms with Gasteiger partial charge in [-0.1, -0.05) is 121 Å². The fourth-order valence-corrected chi connectivity index (χ4v) is 5.22. The molecule has 0 fully saturated rings. The van der Waals surface area contributed by atoms with Gasteiger partial charge in [-0.15, -0.1) is 0 Å². The van der Waals surface area contributed by atoms with Crippen LogP contribution in [0.15, 0.2) is 131 Å². The number of benzene rings is 5. The molecule has 5 aromatic carbocycles. The zero-order chi connectivity index (χ0) is 26.6. The Hall–Kier alpha value is -4.58. The standard InChI is InChI=1S/C34H31N5/c1-2-36-31(35)25-19-17-24(18-20-25)29-22-21-23-11-9-10-16-28(23)30(29)34-38-32(26-12-5-3-6-13-26)37-33(39-34)27-14-7-4-8-15-27/h2-22,31-32,34,38H,35H2,1H3,(H,37,39). The van der Waals surface area contributed by atoms with E-state index in [1.165, 1.54) is 16.3 Å². The highest BCUT2D eigenvalue weighted by Crippen LogP contribution is 2.37. The molecule has 0 bridgehead atoms. The van der Waals surface area contributed by atoms with Crippen molar-refractivity contribution in [3.8, 4) is 11.1 Å². The van der Waals surface area contributed by atoms with E-state index in [1.54, 1.807) is 6.21 Å². The van der Waals surface area contributed by atoms with Crippen molar-refractivity contribution in [1.29, 1.82) is 0 Å². The molecule has 5 heteroatoms. The topological polar surface area (TPSA) is 74.8 Å².